The fourth-order valence-corrected chi connectivity index (χ4v) is 4.63. The SMILES string of the molecule is CC(=O)N1CCC(C(=O)N(CCc2ccccc2)C[C@@H]2CCCN(C)C2)CC1. The summed E-state index contributed by atoms with van der Waals surface area (Å²) < 4.78 is 0. The Balaban J connectivity index is 1.62. The summed E-state index contributed by atoms with van der Waals surface area (Å²) in [6.45, 7) is 6.94. The second-order valence-electron chi connectivity index (χ2n) is 8.57. The molecule has 0 aliphatic carbocycles. The second-order valence-corrected chi connectivity index (χ2v) is 8.57. The summed E-state index contributed by atoms with van der Waals surface area (Å²) in [5.41, 5.74) is 1.28. The first kappa shape index (κ1) is 20.8. The molecule has 0 N–H and O–H groups in total. The van der Waals surface area contributed by atoms with Crippen LogP contribution < -0.4 is 0 Å². The number of hydrogen-bond donors (Lipinski definition) is 0. The Kier molecular flexibility index (Phi) is 7.49. The minimum atomic E-state index is 0.0627. The number of amides is 2. The van der Waals surface area contributed by atoms with Crippen LogP contribution in [0.3, 0.4) is 0 Å². The predicted octanol–water partition coefficient (Wildman–Crippen LogP) is 2.66. The molecule has 0 spiro atoms. The van der Waals surface area contributed by atoms with Crippen molar-refractivity contribution in [3.05, 3.63) is 35.9 Å². The quantitative estimate of drug-likeness (QED) is 0.756. The van der Waals surface area contributed by atoms with E-state index in [1.807, 2.05) is 11.0 Å². The van der Waals surface area contributed by atoms with Gasteiger partial charge in [-0.2, -0.15) is 0 Å². The van der Waals surface area contributed by atoms with E-state index in [-0.39, 0.29) is 11.8 Å². The summed E-state index contributed by atoms with van der Waals surface area (Å²) in [6, 6.07) is 10.4. The number of carbonyl (C=O) groups is 2. The van der Waals surface area contributed by atoms with Crippen LogP contribution in [0.5, 0.6) is 0 Å². The van der Waals surface area contributed by atoms with Crippen LogP contribution in [0.1, 0.15) is 38.2 Å². The van der Waals surface area contributed by atoms with Gasteiger partial charge in [-0.3, -0.25) is 9.59 Å². The first-order valence-electron chi connectivity index (χ1n) is 10.8. The third kappa shape index (κ3) is 5.81. The van der Waals surface area contributed by atoms with Crippen LogP contribution in [0.15, 0.2) is 30.3 Å². The summed E-state index contributed by atoms with van der Waals surface area (Å²) in [6.07, 6.45) is 4.93. The number of benzene rings is 1. The lowest BCUT2D eigenvalue weighted by atomic mass is 9.93. The van der Waals surface area contributed by atoms with Crippen LogP contribution in [-0.2, 0) is 16.0 Å². The predicted molar refractivity (Wildman–Crippen MR) is 112 cm³/mol. The van der Waals surface area contributed by atoms with Crippen LogP contribution in [0.2, 0.25) is 0 Å². The Morgan fingerprint density at radius 1 is 1.07 bits per heavy atom. The molecule has 154 valence electrons. The van der Waals surface area contributed by atoms with E-state index in [0.717, 1.165) is 45.4 Å². The van der Waals surface area contributed by atoms with E-state index in [4.69, 9.17) is 0 Å². The zero-order valence-corrected chi connectivity index (χ0v) is 17.5. The Hall–Kier alpha value is -1.88. The smallest absolute Gasteiger partial charge is 0.225 e. The summed E-state index contributed by atoms with van der Waals surface area (Å²) in [5, 5.41) is 0. The zero-order valence-electron chi connectivity index (χ0n) is 17.5. The molecule has 2 saturated heterocycles. The van der Waals surface area contributed by atoms with E-state index in [1.165, 1.54) is 18.4 Å². The van der Waals surface area contributed by atoms with E-state index in [2.05, 4.69) is 41.1 Å². The van der Waals surface area contributed by atoms with Crippen molar-refractivity contribution < 1.29 is 9.59 Å². The minimum Gasteiger partial charge on any atom is -0.343 e. The number of nitrogens with zero attached hydrogens (tertiary/aromatic N) is 3. The van der Waals surface area contributed by atoms with E-state index in [9.17, 15) is 9.59 Å². The molecule has 0 bridgehead atoms. The molecule has 0 unspecified atom stereocenters. The number of hydrogen-bond acceptors (Lipinski definition) is 3. The average molecular weight is 386 g/mol. The summed E-state index contributed by atoms with van der Waals surface area (Å²) in [4.78, 5) is 31.3. The molecule has 5 nitrogen and oxygen atoms in total. The Labute approximate surface area is 169 Å². The molecular weight excluding hydrogens is 350 g/mol. The fourth-order valence-electron chi connectivity index (χ4n) is 4.63. The van der Waals surface area contributed by atoms with Gasteiger partial charge in [-0.1, -0.05) is 30.3 Å². The van der Waals surface area contributed by atoms with E-state index < -0.39 is 0 Å². The molecular formula is C23H35N3O2. The molecule has 5 heteroatoms. The molecule has 1 atom stereocenters. The standard InChI is InChI=1S/C23H35N3O2/c1-19(27)25-15-11-22(12-16-25)23(28)26(14-10-20-7-4-3-5-8-20)18-21-9-6-13-24(2)17-21/h3-5,7-8,21-22H,6,9-18H2,1-2H3/t21-/m1/s1. The van der Waals surface area contributed by atoms with Crippen molar-refractivity contribution in [1.29, 1.82) is 0 Å². The summed E-state index contributed by atoms with van der Waals surface area (Å²) >= 11 is 0. The zero-order chi connectivity index (χ0) is 19.9. The van der Waals surface area contributed by atoms with Gasteiger partial charge in [-0.25, -0.2) is 0 Å². The van der Waals surface area contributed by atoms with Crippen LogP contribution in [-0.4, -0.2) is 72.8 Å². The van der Waals surface area contributed by atoms with Crippen LogP contribution in [0, 0.1) is 11.8 Å². The van der Waals surface area contributed by atoms with Gasteiger partial charge in [-0.05, 0) is 57.2 Å². The molecule has 1 aromatic rings. The Morgan fingerprint density at radius 3 is 2.43 bits per heavy atom. The molecule has 2 amide bonds. The molecule has 1 aromatic carbocycles. The van der Waals surface area contributed by atoms with Gasteiger partial charge in [0.05, 0.1) is 0 Å². The molecule has 0 aromatic heterocycles. The highest BCUT2D eigenvalue weighted by molar-refractivity contribution is 5.79. The molecule has 2 fully saturated rings. The van der Waals surface area contributed by atoms with Crippen molar-refractivity contribution in [2.45, 2.75) is 39.0 Å². The highest BCUT2D eigenvalue weighted by atomic mass is 16.2. The van der Waals surface area contributed by atoms with Crippen molar-refractivity contribution in [3.8, 4) is 0 Å². The van der Waals surface area contributed by atoms with E-state index in [1.54, 1.807) is 6.92 Å². The van der Waals surface area contributed by atoms with Gasteiger partial charge < -0.3 is 14.7 Å². The summed E-state index contributed by atoms with van der Waals surface area (Å²) in [7, 11) is 2.18. The van der Waals surface area contributed by atoms with Crippen LogP contribution in [0.25, 0.3) is 0 Å². The van der Waals surface area contributed by atoms with Gasteiger partial charge >= 0.3 is 0 Å². The molecule has 0 saturated carbocycles. The monoisotopic (exact) mass is 385 g/mol. The van der Waals surface area contributed by atoms with Gasteiger partial charge in [0, 0.05) is 45.6 Å². The first-order chi connectivity index (χ1) is 13.5. The lowest BCUT2D eigenvalue weighted by Gasteiger charge is -2.37. The molecule has 0 radical (unpaired) electrons. The molecule has 28 heavy (non-hydrogen) atoms. The van der Waals surface area contributed by atoms with Crippen LogP contribution >= 0.6 is 0 Å². The van der Waals surface area contributed by atoms with Gasteiger partial charge in [0.15, 0.2) is 0 Å². The number of likely N-dealkylation sites (tertiary alicyclic amines) is 2. The third-order valence-corrected chi connectivity index (χ3v) is 6.32. The third-order valence-electron chi connectivity index (χ3n) is 6.32. The summed E-state index contributed by atoms with van der Waals surface area (Å²) in [5.74, 6) is 1.05. The maximum Gasteiger partial charge on any atom is 0.225 e. The number of piperidine rings is 2. The Bertz CT molecular complexity index is 641. The maximum absolute atomic E-state index is 13.4. The normalized spacial score (nSPS) is 21.5. The highest BCUT2D eigenvalue weighted by Gasteiger charge is 2.31. The molecule has 2 aliphatic heterocycles. The lowest BCUT2D eigenvalue weighted by molar-refractivity contribution is -0.140. The van der Waals surface area contributed by atoms with Crippen molar-refractivity contribution in [2.75, 3.05) is 46.3 Å². The largest absolute Gasteiger partial charge is 0.343 e. The van der Waals surface area contributed by atoms with Crippen molar-refractivity contribution in [3.63, 3.8) is 0 Å². The van der Waals surface area contributed by atoms with Crippen LogP contribution in [0.4, 0.5) is 0 Å². The minimum absolute atomic E-state index is 0.0627. The lowest BCUT2D eigenvalue weighted by Crippen LogP contribution is -2.47. The fraction of sp³-hybridized carbons (Fsp3) is 0.652. The highest BCUT2D eigenvalue weighted by Crippen LogP contribution is 2.23. The van der Waals surface area contributed by atoms with Crippen molar-refractivity contribution >= 4 is 11.8 Å². The molecule has 2 aliphatic rings. The van der Waals surface area contributed by atoms with Gasteiger partial charge in [0.25, 0.3) is 0 Å². The van der Waals surface area contributed by atoms with Crippen molar-refractivity contribution in [2.24, 2.45) is 11.8 Å². The average Bonchev–Trinajstić information content (AvgIpc) is 2.71. The van der Waals surface area contributed by atoms with Crippen molar-refractivity contribution in [1.82, 2.24) is 14.7 Å². The topological polar surface area (TPSA) is 43.9 Å². The maximum atomic E-state index is 13.4. The first-order valence-corrected chi connectivity index (χ1v) is 10.8. The van der Waals surface area contributed by atoms with Gasteiger partial charge in [0.1, 0.15) is 0 Å². The Morgan fingerprint density at radius 2 is 1.79 bits per heavy atom. The molecule has 2 heterocycles. The van der Waals surface area contributed by atoms with Gasteiger partial charge in [0.2, 0.25) is 11.8 Å². The molecule has 3 rings (SSSR count). The second kappa shape index (κ2) is 10.1. The number of rotatable bonds is 6. The van der Waals surface area contributed by atoms with E-state index in [0.29, 0.717) is 24.9 Å². The van der Waals surface area contributed by atoms with E-state index >= 15 is 0 Å². The number of carbonyl (C=O) groups excluding carboxylic acids is 2. The van der Waals surface area contributed by atoms with Gasteiger partial charge in [-0.15, -0.1) is 0 Å².